The molecule has 0 rings (SSSR count). The highest BCUT2D eigenvalue weighted by Crippen LogP contribution is 2.04. The topological polar surface area (TPSA) is 37.3 Å². The molecule has 0 aliphatic carbocycles. The largest absolute Gasteiger partial charge is 0.306 e. The molecule has 0 fully saturated rings. The van der Waals surface area contributed by atoms with Crippen molar-refractivity contribution in [3.05, 3.63) is 0 Å². The van der Waals surface area contributed by atoms with E-state index in [1.54, 1.807) is 0 Å². The fraction of sp³-hybridized carbons (Fsp3) is 1.00. The van der Waals surface area contributed by atoms with Gasteiger partial charge in [-0.3, -0.25) is 0 Å². The van der Waals surface area contributed by atoms with E-state index in [0.29, 0.717) is 11.7 Å². The number of hydrogen-bond donors (Lipinski definition) is 1. The first-order chi connectivity index (χ1) is 4.16. The molecule has 0 aromatic rings. The summed E-state index contributed by atoms with van der Waals surface area (Å²) in [7, 11) is 0. The van der Waals surface area contributed by atoms with E-state index >= 15 is 0 Å². The lowest BCUT2D eigenvalue weighted by Crippen LogP contribution is -2.05. The van der Waals surface area contributed by atoms with E-state index in [2.05, 4.69) is 6.92 Å². The minimum absolute atomic E-state index is 0.390. The molecule has 0 heterocycles. The molecule has 0 aliphatic rings. The lowest BCUT2D eigenvalue weighted by atomic mass is 10.1. The van der Waals surface area contributed by atoms with E-state index < -0.39 is 11.1 Å². The summed E-state index contributed by atoms with van der Waals surface area (Å²) in [6, 6.07) is 0. The van der Waals surface area contributed by atoms with Crippen LogP contribution in [0, 0.1) is 5.92 Å². The standard InChI is InChI=1S/C6H14O2S/c1-3-4-6(2)5-9(7)8/h6H,3-5H2,1-2H3,(H,7,8). The first-order valence-corrected chi connectivity index (χ1v) is 4.51. The second-order valence-corrected chi connectivity index (χ2v) is 3.36. The maximum atomic E-state index is 10.2. The molecule has 2 atom stereocenters. The molecular weight excluding hydrogens is 136 g/mol. The van der Waals surface area contributed by atoms with Crippen LogP contribution in [0.5, 0.6) is 0 Å². The first-order valence-electron chi connectivity index (χ1n) is 3.24. The quantitative estimate of drug-likeness (QED) is 0.619. The van der Waals surface area contributed by atoms with Crippen LogP contribution in [-0.4, -0.2) is 14.5 Å². The molecule has 1 N–H and O–H groups in total. The molecule has 0 amide bonds. The average molecular weight is 150 g/mol. The van der Waals surface area contributed by atoms with Gasteiger partial charge < -0.3 is 4.55 Å². The number of hydrogen-bond acceptors (Lipinski definition) is 1. The highest BCUT2D eigenvalue weighted by molar-refractivity contribution is 7.79. The highest BCUT2D eigenvalue weighted by Gasteiger charge is 2.02. The maximum Gasteiger partial charge on any atom is 0.153 e. The second kappa shape index (κ2) is 4.94. The van der Waals surface area contributed by atoms with Crippen molar-refractivity contribution in [3.8, 4) is 0 Å². The zero-order valence-electron chi connectivity index (χ0n) is 5.96. The molecule has 0 bridgehead atoms. The summed E-state index contributed by atoms with van der Waals surface area (Å²) < 4.78 is 18.6. The monoisotopic (exact) mass is 150 g/mol. The summed E-state index contributed by atoms with van der Waals surface area (Å²) in [6.07, 6.45) is 2.14. The minimum Gasteiger partial charge on any atom is -0.306 e. The van der Waals surface area contributed by atoms with Crippen molar-refractivity contribution < 1.29 is 8.76 Å². The first kappa shape index (κ1) is 9.11. The summed E-state index contributed by atoms with van der Waals surface area (Å²) in [5.41, 5.74) is 0. The Bertz CT molecular complexity index is 93.1. The molecule has 0 saturated carbocycles. The van der Waals surface area contributed by atoms with Crippen molar-refractivity contribution >= 4 is 11.1 Å². The van der Waals surface area contributed by atoms with Gasteiger partial charge in [0.2, 0.25) is 0 Å². The van der Waals surface area contributed by atoms with Crippen molar-refractivity contribution in [3.63, 3.8) is 0 Å². The van der Waals surface area contributed by atoms with Crippen molar-refractivity contribution in [1.29, 1.82) is 0 Å². The lowest BCUT2D eigenvalue weighted by molar-refractivity contribution is 0.526. The summed E-state index contributed by atoms with van der Waals surface area (Å²) in [4.78, 5) is 0. The molecule has 0 aromatic heterocycles. The number of rotatable bonds is 4. The van der Waals surface area contributed by atoms with Crippen LogP contribution >= 0.6 is 0 Å². The van der Waals surface area contributed by atoms with Crippen molar-refractivity contribution in [2.45, 2.75) is 26.7 Å². The Hall–Kier alpha value is 0.110. The van der Waals surface area contributed by atoms with Gasteiger partial charge in [0.15, 0.2) is 11.1 Å². The Morgan fingerprint density at radius 1 is 1.67 bits per heavy atom. The van der Waals surface area contributed by atoms with Gasteiger partial charge in [-0.05, 0) is 5.92 Å². The fourth-order valence-electron chi connectivity index (χ4n) is 0.820. The van der Waals surface area contributed by atoms with Crippen LogP contribution in [0.2, 0.25) is 0 Å². The minimum atomic E-state index is -1.60. The summed E-state index contributed by atoms with van der Waals surface area (Å²) in [6.45, 7) is 4.08. The van der Waals surface area contributed by atoms with Crippen LogP contribution in [0.4, 0.5) is 0 Å². The molecule has 3 heteroatoms. The smallest absolute Gasteiger partial charge is 0.153 e. The van der Waals surface area contributed by atoms with Gasteiger partial charge in [0.05, 0.1) is 5.75 Å². The second-order valence-electron chi connectivity index (χ2n) is 2.38. The summed E-state index contributed by atoms with van der Waals surface area (Å²) in [5, 5.41) is 0. The van der Waals surface area contributed by atoms with Crippen molar-refractivity contribution in [1.82, 2.24) is 0 Å². The van der Waals surface area contributed by atoms with Gasteiger partial charge in [-0.1, -0.05) is 26.7 Å². The molecule has 0 aromatic carbocycles. The molecule has 2 nitrogen and oxygen atoms in total. The van der Waals surface area contributed by atoms with E-state index in [4.69, 9.17) is 4.55 Å². The lowest BCUT2D eigenvalue weighted by Gasteiger charge is -2.04. The third-order valence-electron chi connectivity index (χ3n) is 1.21. The zero-order chi connectivity index (χ0) is 7.28. The maximum absolute atomic E-state index is 10.2. The van der Waals surface area contributed by atoms with Crippen LogP contribution in [0.15, 0.2) is 0 Å². The van der Waals surface area contributed by atoms with Gasteiger partial charge in [-0.15, -0.1) is 0 Å². The molecule has 9 heavy (non-hydrogen) atoms. The van der Waals surface area contributed by atoms with E-state index in [1.165, 1.54) is 0 Å². The molecule has 0 aliphatic heterocycles. The Labute approximate surface area is 58.9 Å². The Morgan fingerprint density at radius 3 is 2.56 bits per heavy atom. The molecule has 0 radical (unpaired) electrons. The predicted molar refractivity (Wildman–Crippen MR) is 39.7 cm³/mol. The van der Waals surface area contributed by atoms with Crippen LogP contribution < -0.4 is 0 Å². The Balaban J connectivity index is 3.26. The Kier molecular flexibility index (Phi) is 5.00. The van der Waals surface area contributed by atoms with Crippen LogP contribution in [0.25, 0.3) is 0 Å². The SMILES string of the molecule is CCCC(C)CS(=O)O. The normalized spacial score (nSPS) is 17.2. The van der Waals surface area contributed by atoms with Gasteiger partial charge in [0.1, 0.15) is 0 Å². The van der Waals surface area contributed by atoms with Gasteiger partial charge in [0.25, 0.3) is 0 Å². The summed E-state index contributed by atoms with van der Waals surface area (Å²) >= 11 is -1.60. The van der Waals surface area contributed by atoms with Crippen LogP contribution in [-0.2, 0) is 11.1 Å². The van der Waals surface area contributed by atoms with E-state index in [1.807, 2.05) is 6.92 Å². The third-order valence-corrected chi connectivity index (χ3v) is 2.06. The van der Waals surface area contributed by atoms with Gasteiger partial charge >= 0.3 is 0 Å². The van der Waals surface area contributed by atoms with Gasteiger partial charge in [0, 0.05) is 0 Å². The van der Waals surface area contributed by atoms with Gasteiger partial charge in [-0.2, -0.15) is 0 Å². The van der Waals surface area contributed by atoms with Crippen LogP contribution in [0.3, 0.4) is 0 Å². The van der Waals surface area contributed by atoms with Gasteiger partial charge in [-0.25, -0.2) is 4.21 Å². The molecule has 0 spiro atoms. The summed E-state index contributed by atoms with van der Waals surface area (Å²) in [5.74, 6) is 0.814. The average Bonchev–Trinajstić information content (AvgIpc) is 1.63. The van der Waals surface area contributed by atoms with Crippen molar-refractivity contribution in [2.24, 2.45) is 5.92 Å². The zero-order valence-corrected chi connectivity index (χ0v) is 6.78. The molecule has 56 valence electrons. The molecular formula is C6H14O2S. The Morgan fingerprint density at radius 2 is 2.22 bits per heavy atom. The third kappa shape index (κ3) is 5.99. The predicted octanol–water partition coefficient (Wildman–Crippen LogP) is 1.64. The van der Waals surface area contributed by atoms with Crippen LogP contribution in [0.1, 0.15) is 26.7 Å². The highest BCUT2D eigenvalue weighted by atomic mass is 32.2. The van der Waals surface area contributed by atoms with E-state index in [0.717, 1.165) is 12.8 Å². The molecule has 0 saturated heterocycles. The van der Waals surface area contributed by atoms with E-state index in [-0.39, 0.29) is 0 Å². The molecule has 2 unspecified atom stereocenters. The van der Waals surface area contributed by atoms with E-state index in [9.17, 15) is 4.21 Å². The van der Waals surface area contributed by atoms with Crippen molar-refractivity contribution in [2.75, 3.05) is 5.75 Å². The fourth-order valence-corrected chi connectivity index (χ4v) is 1.47.